The molecule has 0 aliphatic carbocycles. The van der Waals surface area contributed by atoms with Crippen LogP contribution in [0.2, 0.25) is 0 Å². The van der Waals surface area contributed by atoms with Crippen molar-refractivity contribution in [2.75, 3.05) is 0 Å². The van der Waals surface area contributed by atoms with E-state index >= 15 is 0 Å². The molecular weight excluding hydrogens is 142 g/mol. The van der Waals surface area contributed by atoms with Crippen molar-refractivity contribution >= 4 is 11.8 Å². The predicted octanol–water partition coefficient (Wildman–Crippen LogP) is 2.85. The molecule has 0 amide bonds. The Hall–Kier alpha value is -0.370. The van der Waals surface area contributed by atoms with E-state index in [1.54, 1.807) is 11.8 Å². The average Bonchev–Trinajstić information content (AvgIpc) is 1.98. The minimum atomic E-state index is 0.931. The molecule has 10 heavy (non-hydrogen) atoms. The largest absolute Gasteiger partial charge is 0.393 e. The molecule has 0 aliphatic heterocycles. The Balaban J connectivity index is 3.91. The van der Waals surface area contributed by atoms with Crippen LogP contribution in [0.5, 0.6) is 0 Å². The number of hydrogen-bond donors (Lipinski definition) is 1. The van der Waals surface area contributed by atoms with E-state index in [0.29, 0.717) is 0 Å². The molecule has 0 aromatic heterocycles. The van der Waals surface area contributed by atoms with E-state index in [1.807, 2.05) is 18.4 Å². The summed E-state index contributed by atoms with van der Waals surface area (Å²) in [5.41, 5.74) is 6.97. The molecule has 0 saturated heterocycles. The molecule has 0 bridgehead atoms. The Morgan fingerprint density at radius 1 is 1.60 bits per heavy atom. The van der Waals surface area contributed by atoms with Gasteiger partial charge in [-0.25, -0.2) is 0 Å². The van der Waals surface area contributed by atoms with Crippen LogP contribution in [0.4, 0.5) is 0 Å². The summed E-state index contributed by atoms with van der Waals surface area (Å²) in [6.45, 7) is 6.16. The quantitative estimate of drug-likeness (QED) is 0.681. The van der Waals surface area contributed by atoms with E-state index in [4.69, 9.17) is 5.73 Å². The Labute approximate surface area is 67.4 Å². The van der Waals surface area contributed by atoms with Crippen molar-refractivity contribution in [2.24, 2.45) is 5.73 Å². The first-order chi connectivity index (χ1) is 4.72. The smallest absolute Gasteiger partial charge is 0.0686 e. The lowest BCUT2D eigenvalue weighted by atomic mass is 10.3. The monoisotopic (exact) mass is 157 g/mol. The van der Waals surface area contributed by atoms with Gasteiger partial charge in [-0.05, 0) is 31.2 Å². The fraction of sp³-hybridized carbons (Fsp3) is 0.500. The lowest BCUT2D eigenvalue weighted by molar-refractivity contribution is 1.08. The second-order valence-corrected chi connectivity index (χ2v) is 3.03. The van der Waals surface area contributed by atoms with E-state index in [9.17, 15) is 0 Å². The van der Waals surface area contributed by atoms with Crippen molar-refractivity contribution in [3.8, 4) is 0 Å². The molecule has 0 saturated carbocycles. The van der Waals surface area contributed by atoms with Crippen molar-refractivity contribution in [1.82, 2.24) is 0 Å². The summed E-state index contributed by atoms with van der Waals surface area (Å²) < 4.78 is 0. The van der Waals surface area contributed by atoms with Crippen molar-refractivity contribution in [3.05, 3.63) is 22.1 Å². The van der Waals surface area contributed by atoms with Crippen LogP contribution in [0.3, 0.4) is 0 Å². The molecule has 2 N–H and O–H groups in total. The van der Waals surface area contributed by atoms with E-state index in [1.165, 1.54) is 5.57 Å². The molecule has 0 aromatic carbocycles. The normalized spacial score (nSPS) is 13.9. The van der Waals surface area contributed by atoms with Crippen LogP contribution in [0, 0.1) is 0 Å². The van der Waals surface area contributed by atoms with Gasteiger partial charge in [0.05, 0.1) is 5.03 Å². The molecule has 0 heterocycles. The van der Waals surface area contributed by atoms with Gasteiger partial charge in [0.1, 0.15) is 0 Å². The summed E-state index contributed by atoms with van der Waals surface area (Å²) >= 11 is 1.59. The Morgan fingerprint density at radius 2 is 2.20 bits per heavy atom. The minimum absolute atomic E-state index is 0.931. The van der Waals surface area contributed by atoms with Crippen LogP contribution in [-0.2, 0) is 0 Å². The molecular formula is C8H15NS. The fourth-order valence-electron chi connectivity index (χ4n) is 0.416. The molecule has 0 atom stereocenters. The molecule has 58 valence electrons. The highest BCUT2D eigenvalue weighted by molar-refractivity contribution is 8.05. The summed E-state index contributed by atoms with van der Waals surface area (Å²) in [6, 6.07) is 0. The van der Waals surface area contributed by atoms with Gasteiger partial charge >= 0.3 is 0 Å². The number of allylic oxidation sites excluding steroid dienone is 2. The molecule has 0 spiro atoms. The van der Waals surface area contributed by atoms with E-state index in [-0.39, 0.29) is 0 Å². The first-order valence-electron chi connectivity index (χ1n) is 3.45. The summed E-state index contributed by atoms with van der Waals surface area (Å²) in [7, 11) is 0. The van der Waals surface area contributed by atoms with Gasteiger partial charge in [-0.1, -0.05) is 24.8 Å². The molecule has 0 rings (SSSR count). The van der Waals surface area contributed by atoms with Crippen molar-refractivity contribution < 1.29 is 0 Å². The Kier molecular flexibility index (Phi) is 5.22. The maximum absolute atomic E-state index is 5.71. The zero-order chi connectivity index (χ0) is 7.98. The van der Waals surface area contributed by atoms with E-state index < -0.39 is 0 Å². The molecule has 2 heteroatoms. The van der Waals surface area contributed by atoms with Crippen molar-refractivity contribution in [1.29, 1.82) is 0 Å². The summed E-state index contributed by atoms with van der Waals surface area (Å²) in [6.07, 6.45) is 3.02. The third-order valence-corrected chi connectivity index (χ3v) is 2.29. The molecule has 0 fully saturated rings. The zero-order valence-electron chi connectivity index (χ0n) is 6.85. The first kappa shape index (κ1) is 9.63. The van der Waals surface area contributed by atoms with Crippen LogP contribution in [0.25, 0.3) is 0 Å². The van der Waals surface area contributed by atoms with E-state index in [2.05, 4.69) is 13.8 Å². The molecule has 0 unspecified atom stereocenters. The average molecular weight is 157 g/mol. The Morgan fingerprint density at radius 3 is 2.60 bits per heavy atom. The maximum atomic E-state index is 5.71. The summed E-state index contributed by atoms with van der Waals surface area (Å²) in [5.74, 6) is 0. The van der Waals surface area contributed by atoms with Gasteiger partial charge in [0.15, 0.2) is 0 Å². The number of hydrogen-bond acceptors (Lipinski definition) is 2. The minimum Gasteiger partial charge on any atom is -0.393 e. The zero-order valence-corrected chi connectivity index (χ0v) is 7.66. The van der Waals surface area contributed by atoms with Crippen LogP contribution in [0.15, 0.2) is 22.1 Å². The SMILES string of the molecule is C/C=C\S/C(N)=C(/C)CC. The van der Waals surface area contributed by atoms with Crippen LogP contribution < -0.4 is 5.73 Å². The lowest BCUT2D eigenvalue weighted by Gasteiger charge is -1.99. The number of thioether (sulfide) groups is 1. The summed E-state index contributed by atoms with van der Waals surface area (Å²) in [5, 5.41) is 2.93. The van der Waals surface area contributed by atoms with Crippen LogP contribution >= 0.6 is 11.8 Å². The molecule has 1 nitrogen and oxygen atoms in total. The fourth-order valence-corrected chi connectivity index (χ4v) is 1.04. The third kappa shape index (κ3) is 3.62. The highest BCUT2D eigenvalue weighted by Crippen LogP contribution is 2.16. The van der Waals surface area contributed by atoms with Crippen molar-refractivity contribution in [3.63, 3.8) is 0 Å². The molecule has 0 aliphatic rings. The van der Waals surface area contributed by atoms with E-state index in [0.717, 1.165) is 11.4 Å². The predicted molar refractivity (Wildman–Crippen MR) is 49.6 cm³/mol. The number of rotatable bonds is 3. The van der Waals surface area contributed by atoms with Gasteiger partial charge < -0.3 is 5.73 Å². The standard InChI is InChI=1S/C8H15NS/c1-4-6-10-8(9)7(3)5-2/h4,6H,5,9H2,1-3H3/b6-4-,8-7-. The van der Waals surface area contributed by atoms with Gasteiger partial charge in [0, 0.05) is 0 Å². The van der Waals surface area contributed by atoms with Crippen molar-refractivity contribution in [2.45, 2.75) is 27.2 Å². The molecule has 0 radical (unpaired) electrons. The number of nitrogens with two attached hydrogens (primary N) is 1. The van der Waals surface area contributed by atoms with Gasteiger partial charge in [-0.2, -0.15) is 0 Å². The third-order valence-electron chi connectivity index (χ3n) is 1.28. The second-order valence-electron chi connectivity index (χ2n) is 2.09. The first-order valence-corrected chi connectivity index (χ1v) is 4.33. The Bertz CT molecular complexity index is 147. The topological polar surface area (TPSA) is 26.0 Å². The van der Waals surface area contributed by atoms with Gasteiger partial charge in [0.2, 0.25) is 0 Å². The lowest BCUT2D eigenvalue weighted by Crippen LogP contribution is -1.94. The molecule has 0 aromatic rings. The van der Waals surface area contributed by atoms with Gasteiger partial charge in [0.25, 0.3) is 0 Å². The van der Waals surface area contributed by atoms with Gasteiger partial charge in [-0.3, -0.25) is 0 Å². The van der Waals surface area contributed by atoms with Crippen LogP contribution in [-0.4, -0.2) is 0 Å². The summed E-state index contributed by atoms with van der Waals surface area (Å²) in [4.78, 5) is 0. The highest BCUT2D eigenvalue weighted by Gasteiger charge is 1.91. The highest BCUT2D eigenvalue weighted by atomic mass is 32.2. The van der Waals surface area contributed by atoms with Crippen LogP contribution in [0.1, 0.15) is 27.2 Å². The van der Waals surface area contributed by atoms with Gasteiger partial charge in [-0.15, -0.1) is 0 Å². The second kappa shape index (κ2) is 5.42. The maximum Gasteiger partial charge on any atom is 0.0686 e.